The molecule has 0 radical (unpaired) electrons. The van der Waals surface area contributed by atoms with Crippen molar-refractivity contribution >= 4 is 18.3 Å². The highest BCUT2D eigenvalue weighted by atomic mass is 16.6. The van der Waals surface area contributed by atoms with Crippen LogP contribution in [0.2, 0.25) is 0 Å². The quantitative estimate of drug-likeness (QED) is 0.431. The first-order valence-electron chi connectivity index (χ1n) is 3.65. The average Bonchev–Trinajstić information content (AvgIpc) is 2.48. The minimum absolute atomic E-state index is 0.0616. The normalized spacial score (nSPS) is 21.2. The van der Waals surface area contributed by atoms with Gasteiger partial charge in [-0.2, -0.15) is 0 Å². The third kappa shape index (κ3) is 1.77. The third-order valence-electron chi connectivity index (χ3n) is 1.72. The molecule has 1 saturated heterocycles. The maximum atomic E-state index is 11.0. The second-order valence-corrected chi connectivity index (χ2v) is 2.45. The van der Waals surface area contributed by atoms with Gasteiger partial charge in [0.25, 0.3) is 0 Å². The van der Waals surface area contributed by atoms with Crippen molar-refractivity contribution in [2.75, 3.05) is 13.8 Å². The Hall–Kier alpha value is -1.59. The van der Waals surface area contributed by atoms with Crippen molar-refractivity contribution in [2.45, 2.75) is 12.5 Å². The zero-order valence-corrected chi connectivity index (χ0v) is 7.06. The maximum absolute atomic E-state index is 11.0. The molecule has 1 unspecified atom stereocenters. The Morgan fingerprint density at radius 2 is 2.54 bits per heavy atom. The van der Waals surface area contributed by atoms with Gasteiger partial charge in [0.2, 0.25) is 0 Å². The van der Waals surface area contributed by atoms with E-state index in [4.69, 9.17) is 0 Å². The molecular weight excluding hydrogens is 178 g/mol. The van der Waals surface area contributed by atoms with Gasteiger partial charge in [0.15, 0.2) is 6.73 Å². The molecule has 1 rings (SSSR count). The molecule has 1 atom stereocenters. The number of esters is 1. The van der Waals surface area contributed by atoms with Crippen molar-refractivity contribution in [3.05, 3.63) is 0 Å². The highest BCUT2D eigenvalue weighted by Gasteiger charge is 2.37. The van der Waals surface area contributed by atoms with Crippen LogP contribution in [-0.2, 0) is 19.1 Å². The molecule has 0 bridgehead atoms. The van der Waals surface area contributed by atoms with E-state index in [-0.39, 0.29) is 13.2 Å². The summed E-state index contributed by atoms with van der Waals surface area (Å²) >= 11 is 0. The van der Waals surface area contributed by atoms with Crippen LogP contribution < -0.4 is 0 Å². The van der Waals surface area contributed by atoms with Crippen LogP contribution in [-0.4, -0.2) is 43.1 Å². The molecule has 0 aromatic heterocycles. The zero-order valence-electron chi connectivity index (χ0n) is 7.06. The Bertz CT molecular complexity index is 239. The second-order valence-electron chi connectivity index (χ2n) is 2.45. The van der Waals surface area contributed by atoms with E-state index < -0.39 is 18.1 Å². The zero-order chi connectivity index (χ0) is 9.84. The summed E-state index contributed by atoms with van der Waals surface area (Å²) in [5.74, 6) is -0.572. The monoisotopic (exact) mass is 187 g/mol. The number of carbonyl (C=O) groups excluding carboxylic acids is 3. The molecule has 0 saturated carbocycles. The Balaban J connectivity index is 2.68. The Morgan fingerprint density at radius 1 is 1.85 bits per heavy atom. The summed E-state index contributed by atoms with van der Waals surface area (Å²) in [6.45, 7) is -0.149. The van der Waals surface area contributed by atoms with Crippen LogP contribution in [0.15, 0.2) is 0 Å². The van der Waals surface area contributed by atoms with Crippen molar-refractivity contribution in [1.29, 1.82) is 0 Å². The summed E-state index contributed by atoms with van der Waals surface area (Å²) in [6.07, 6.45) is -0.168. The fourth-order valence-electron chi connectivity index (χ4n) is 1.06. The molecule has 1 aliphatic rings. The predicted molar refractivity (Wildman–Crippen MR) is 39.7 cm³/mol. The van der Waals surface area contributed by atoms with E-state index in [1.54, 1.807) is 0 Å². The first-order chi connectivity index (χ1) is 6.20. The molecule has 6 heteroatoms. The summed E-state index contributed by atoms with van der Waals surface area (Å²) in [6, 6.07) is -0.829. The van der Waals surface area contributed by atoms with Gasteiger partial charge in [0.1, 0.15) is 12.3 Å². The Labute approximate surface area is 74.4 Å². The standard InChI is InChI=1S/C7H9NO5/c1-12-7(11)8-4-13-6(10)5(8)2-3-9/h3,5H,2,4H2,1H3. The predicted octanol–water partition coefficient (Wildman–Crippen LogP) is -0.473. The van der Waals surface area contributed by atoms with Gasteiger partial charge in [0.05, 0.1) is 7.11 Å². The van der Waals surface area contributed by atoms with Crippen molar-refractivity contribution in [3.63, 3.8) is 0 Å². The minimum atomic E-state index is -0.829. The van der Waals surface area contributed by atoms with Gasteiger partial charge in [-0.15, -0.1) is 0 Å². The number of carbonyl (C=O) groups is 3. The number of ether oxygens (including phenoxy) is 2. The van der Waals surface area contributed by atoms with Crippen LogP contribution in [0.5, 0.6) is 0 Å². The molecular formula is C7H9NO5. The number of amides is 1. The molecule has 1 aliphatic heterocycles. The molecule has 72 valence electrons. The summed E-state index contributed by atoms with van der Waals surface area (Å²) in [4.78, 5) is 33.2. The third-order valence-corrected chi connectivity index (χ3v) is 1.72. The molecule has 0 aromatic rings. The van der Waals surface area contributed by atoms with E-state index in [0.29, 0.717) is 6.29 Å². The fourth-order valence-corrected chi connectivity index (χ4v) is 1.06. The van der Waals surface area contributed by atoms with Crippen LogP contribution in [0.25, 0.3) is 0 Å². The second kappa shape index (κ2) is 3.88. The van der Waals surface area contributed by atoms with Crippen molar-refractivity contribution in [1.82, 2.24) is 4.90 Å². The smallest absolute Gasteiger partial charge is 0.412 e. The van der Waals surface area contributed by atoms with E-state index in [1.165, 1.54) is 7.11 Å². The number of cyclic esters (lactones) is 1. The summed E-state index contributed by atoms with van der Waals surface area (Å²) in [5, 5.41) is 0. The average molecular weight is 187 g/mol. The van der Waals surface area contributed by atoms with Crippen molar-refractivity contribution in [2.24, 2.45) is 0 Å². The van der Waals surface area contributed by atoms with Crippen LogP contribution >= 0.6 is 0 Å². The number of hydrogen-bond acceptors (Lipinski definition) is 5. The number of methoxy groups -OCH3 is 1. The van der Waals surface area contributed by atoms with E-state index in [2.05, 4.69) is 9.47 Å². The van der Waals surface area contributed by atoms with E-state index >= 15 is 0 Å². The number of nitrogens with zero attached hydrogens (tertiary/aromatic N) is 1. The summed E-state index contributed by atoms with van der Waals surface area (Å²) in [5.41, 5.74) is 0. The van der Waals surface area contributed by atoms with Crippen molar-refractivity contribution in [3.8, 4) is 0 Å². The minimum Gasteiger partial charge on any atom is -0.453 e. The molecule has 0 aromatic carbocycles. The van der Waals surface area contributed by atoms with Gasteiger partial charge in [-0.25, -0.2) is 9.59 Å². The number of rotatable bonds is 2. The fraction of sp³-hybridized carbons (Fsp3) is 0.571. The first kappa shape index (κ1) is 9.50. The summed E-state index contributed by atoms with van der Waals surface area (Å²) in [7, 11) is 1.20. The number of hydrogen-bond donors (Lipinski definition) is 0. The van der Waals surface area contributed by atoms with Gasteiger partial charge in [-0.1, -0.05) is 0 Å². The van der Waals surface area contributed by atoms with Crippen LogP contribution in [0.4, 0.5) is 4.79 Å². The van der Waals surface area contributed by atoms with E-state index in [9.17, 15) is 14.4 Å². The van der Waals surface area contributed by atoms with Gasteiger partial charge in [-0.3, -0.25) is 4.90 Å². The Kier molecular flexibility index (Phi) is 2.84. The van der Waals surface area contributed by atoms with Gasteiger partial charge < -0.3 is 14.3 Å². The van der Waals surface area contributed by atoms with Gasteiger partial charge >= 0.3 is 12.1 Å². The van der Waals surface area contributed by atoms with E-state index in [1.807, 2.05) is 0 Å². The lowest BCUT2D eigenvalue weighted by molar-refractivity contribution is -0.139. The largest absolute Gasteiger partial charge is 0.453 e. The molecule has 0 aliphatic carbocycles. The van der Waals surface area contributed by atoms with Gasteiger partial charge in [0, 0.05) is 6.42 Å². The first-order valence-corrected chi connectivity index (χ1v) is 3.65. The number of aldehydes is 1. The topological polar surface area (TPSA) is 72.9 Å². The molecule has 1 heterocycles. The molecule has 1 amide bonds. The highest BCUT2D eigenvalue weighted by Crippen LogP contribution is 2.14. The lowest BCUT2D eigenvalue weighted by Crippen LogP contribution is -2.38. The lowest BCUT2D eigenvalue weighted by Gasteiger charge is -2.15. The van der Waals surface area contributed by atoms with Crippen LogP contribution in [0, 0.1) is 0 Å². The molecule has 0 N–H and O–H groups in total. The van der Waals surface area contributed by atoms with Crippen LogP contribution in [0.1, 0.15) is 6.42 Å². The molecule has 0 spiro atoms. The SMILES string of the molecule is COC(=O)N1COC(=O)C1CC=O. The maximum Gasteiger partial charge on any atom is 0.412 e. The molecule has 6 nitrogen and oxygen atoms in total. The highest BCUT2D eigenvalue weighted by molar-refractivity contribution is 5.85. The summed E-state index contributed by atoms with van der Waals surface area (Å²) < 4.78 is 8.98. The van der Waals surface area contributed by atoms with E-state index in [0.717, 1.165) is 4.90 Å². The van der Waals surface area contributed by atoms with Gasteiger partial charge in [-0.05, 0) is 0 Å². The molecule has 13 heavy (non-hydrogen) atoms. The van der Waals surface area contributed by atoms with Crippen LogP contribution in [0.3, 0.4) is 0 Å². The Morgan fingerprint density at radius 3 is 3.08 bits per heavy atom. The molecule has 1 fully saturated rings. The lowest BCUT2D eigenvalue weighted by atomic mass is 10.2. The van der Waals surface area contributed by atoms with Crippen molar-refractivity contribution < 1.29 is 23.9 Å².